The van der Waals surface area contributed by atoms with E-state index >= 15 is 0 Å². The number of aromatic nitrogens is 3. The van der Waals surface area contributed by atoms with E-state index in [4.69, 9.17) is 10.1 Å². The van der Waals surface area contributed by atoms with Gasteiger partial charge >= 0.3 is 12.1 Å². The van der Waals surface area contributed by atoms with Crippen molar-refractivity contribution in [2.24, 2.45) is 9.50 Å². The highest BCUT2D eigenvalue weighted by atomic mass is 32.2. The van der Waals surface area contributed by atoms with E-state index in [9.17, 15) is 17.8 Å². The number of nitrogens with one attached hydrogen (secondary N) is 1. The maximum atomic E-state index is 13.3. The number of carbonyl (C=O) groups excluding carboxylic acids is 1. The Bertz CT molecular complexity index is 1110. The van der Waals surface area contributed by atoms with E-state index in [-0.39, 0.29) is 5.03 Å². The van der Waals surface area contributed by atoms with Gasteiger partial charge in [-0.25, -0.2) is 18.8 Å². The molecule has 2 heterocycles. The molecule has 0 aliphatic heterocycles. The molecule has 0 saturated heterocycles. The fourth-order valence-electron chi connectivity index (χ4n) is 3.93. The number of hydrogen-bond acceptors (Lipinski definition) is 4. The van der Waals surface area contributed by atoms with E-state index in [0.717, 1.165) is 66.9 Å². The Kier molecular flexibility index (Phi) is 4.69. The molecule has 2 atom stereocenters. The number of halogens is 2. The van der Waals surface area contributed by atoms with Crippen molar-refractivity contribution in [3.63, 3.8) is 0 Å². The van der Waals surface area contributed by atoms with E-state index in [1.165, 1.54) is 0 Å². The first-order chi connectivity index (χ1) is 13.6. The number of nitrogens with zero attached hydrogens (tertiary/aromatic N) is 4. The summed E-state index contributed by atoms with van der Waals surface area (Å²) in [7, 11) is -3.78. The third-order valence-electron chi connectivity index (χ3n) is 5.37. The molecule has 0 radical (unpaired) electrons. The third-order valence-corrected chi connectivity index (χ3v) is 6.62. The molecule has 3 N–H and O–H groups in total. The minimum atomic E-state index is -3.78. The molecule has 2 amide bonds. The summed E-state index contributed by atoms with van der Waals surface area (Å²) in [6.07, 6.45) is 5.29. The second kappa shape index (κ2) is 6.84. The molecule has 0 aromatic carbocycles. The quantitative estimate of drug-likeness (QED) is 0.786. The molecule has 2 aromatic rings. The zero-order valence-electron chi connectivity index (χ0n) is 16.1. The van der Waals surface area contributed by atoms with Crippen LogP contribution in [0.3, 0.4) is 0 Å². The van der Waals surface area contributed by atoms with Crippen LogP contribution in [0.1, 0.15) is 55.1 Å². The van der Waals surface area contributed by atoms with Crippen molar-refractivity contribution in [1.29, 1.82) is 0 Å². The molecule has 2 aliphatic carbocycles. The van der Waals surface area contributed by atoms with Gasteiger partial charge in [0.15, 0.2) is 14.9 Å². The fourth-order valence-corrected chi connectivity index (χ4v) is 4.78. The second-order valence-corrected chi connectivity index (χ2v) is 9.34. The lowest BCUT2D eigenvalue weighted by Crippen LogP contribution is -2.22. The number of nitrogens with two attached hydrogens (primary N) is 1. The molecule has 4 rings (SSSR count). The molecule has 0 unspecified atom stereocenters. The van der Waals surface area contributed by atoms with Crippen LogP contribution in [0.15, 0.2) is 21.7 Å². The monoisotopic (exact) mass is 424 g/mol. The lowest BCUT2D eigenvalue weighted by Gasteiger charge is -2.15. The summed E-state index contributed by atoms with van der Waals surface area (Å²) in [6, 6.07) is -3.11. The Morgan fingerprint density at radius 3 is 2.83 bits per heavy atom. The van der Waals surface area contributed by atoms with Crippen LogP contribution in [0.5, 0.6) is 0 Å². The number of carbonyl (C=O) groups is 1. The van der Waals surface area contributed by atoms with Crippen molar-refractivity contribution in [3.8, 4) is 0 Å². The summed E-state index contributed by atoms with van der Waals surface area (Å²) in [5.41, 5.74) is 4.62. The summed E-state index contributed by atoms with van der Waals surface area (Å²) in [5, 5.41) is 11.5. The van der Waals surface area contributed by atoms with Crippen molar-refractivity contribution in [2.75, 3.05) is 5.32 Å². The molecule has 0 fully saturated rings. The third kappa shape index (κ3) is 3.64. The number of amides is 2. The molecule has 0 bridgehead atoms. The molecule has 2 aliphatic rings. The average Bonchev–Trinajstić information content (AvgIpc) is 3.33. The van der Waals surface area contributed by atoms with Gasteiger partial charge in [0.05, 0.1) is 5.69 Å². The van der Waals surface area contributed by atoms with Gasteiger partial charge in [-0.05, 0) is 55.2 Å². The second-order valence-electron chi connectivity index (χ2n) is 7.60. The first-order valence-corrected chi connectivity index (χ1v) is 11.0. The molecule has 8 nitrogen and oxygen atoms in total. The van der Waals surface area contributed by atoms with E-state index in [2.05, 4.69) is 21.7 Å². The molecule has 11 heteroatoms. The van der Waals surface area contributed by atoms with Crippen LogP contribution < -0.4 is 10.5 Å². The molecule has 29 heavy (non-hydrogen) atoms. The molecular formula is C18H22F2N6O2S. The van der Waals surface area contributed by atoms with Gasteiger partial charge in [0.2, 0.25) is 0 Å². The maximum Gasteiger partial charge on any atom is 0.354 e. The van der Waals surface area contributed by atoms with Crippen LogP contribution in [-0.2, 0) is 35.2 Å². The van der Waals surface area contributed by atoms with Gasteiger partial charge in [-0.1, -0.05) is 6.92 Å². The fraction of sp³-hybridized carbons (Fsp3) is 0.500. The highest BCUT2D eigenvalue weighted by Crippen LogP contribution is 2.41. The number of rotatable bonds is 3. The average molecular weight is 424 g/mol. The number of alkyl halides is 2. The zero-order valence-corrected chi connectivity index (χ0v) is 16.9. The van der Waals surface area contributed by atoms with E-state index in [1.807, 2.05) is 0 Å². The summed E-state index contributed by atoms with van der Waals surface area (Å²) in [6.45, 7) is 2.74. The smallest absolute Gasteiger partial charge is 0.305 e. The summed E-state index contributed by atoms with van der Waals surface area (Å²) in [4.78, 5) is 17.3. The number of anilines is 1. The van der Waals surface area contributed by atoms with Gasteiger partial charge in [-0.2, -0.15) is 13.9 Å². The Hall–Kier alpha value is -2.40. The van der Waals surface area contributed by atoms with Crippen LogP contribution in [0.25, 0.3) is 0 Å². The van der Waals surface area contributed by atoms with Crippen LogP contribution in [0, 0.1) is 0 Å². The number of fused-ring (bicyclic) bond motifs is 2. The standard InChI is InChI=1S/C18H22F2N6O2S/c1-10-6-7-12-15(10)22-13-5-3-4-11(13)16(12)23-17(27)25-29(21,28)14-8-9-26(24-14)18(2,19)20/h8-10H,3-7H2,1-2H3,(H3,21,22,23,25,27,28)/t10-,29-/m1/s1. The molecular weight excluding hydrogens is 402 g/mol. The predicted molar refractivity (Wildman–Crippen MR) is 103 cm³/mol. The first kappa shape index (κ1) is 19.9. The normalized spacial score (nSPS) is 20.1. The van der Waals surface area contributed by atoms with Gasteiger partial charge in [-0.15, -0.1) is 4.36 Å². The lowest BCUT2D eigenvalue weighted by molar-refractivity contribution is -0.0732. The summed E-state index contributed by atoms with van der Waals surface area (Å²) < 4.78 is 43.2. The van der Waals surface area contributed by atoms with Crippen molar-refractivity contribution < 1.29 is 17.8 Å². The van der Waals surface area contributed by atoms with Crippen molar-refractivity contribution >= 4 is 21.6 Å². The zero-order chi connectivity index (χ0) is 21.0. The van der Waals surface area contributed by atoms with Crippen molar-refractivity contribution in [3.05, 3.63) is 34.8 Å². The van der Waals surface area contributed by atoms with E-state index in [0.29, 0.717) is 23.2 Å². The molecule has 156 valence electrons. The topological polar surface area (TPSA) is 115 Å². The number of hydrogen-bond donors (Lipinski definition) is 2. The van der Waals surface area contributed by atoms with Crippen molar-refractivity contribution in [1.82, 2.24) is 14.8 Å². The maximum absolute atomic E-state index is 13.3. The van der Waals surface area contributed by atoms with Gasteiger partial charge in [-0.3, -0.25) is 4.98 Å². The molecule has 0 saturated carbocycles. The molecule has 2 aromatic heterocycles. The van der Waals surface area contributed by atoms with E-state index < -0.39 is 22.0 Å². The van der Waals surface area contributed by atoms with Gasteiger partial charge in [0, 0.05) is 24.5 Å². The lowest BCUT2D eigenvalue weighted by atomic mass is 10.0. The van der Waals surface area contributed by atoms with Crippen LogP contribution in [-0.4, -0.2) is 25.0 Å². The number of pyridine rings is 1. The Labute approximate surface area is 167 Å². The summed E-state index contributed by atoms with van der Waals surface area (Å²) in [5.74, 6) is 0.307. The Morgan fingerprint density at radius 2 is 2.14 bits per heavy atom. The van der Waals surface area contributed by atoms with Crippen LogP contribution in [0.4, 0.5) is 19.3 Å². The summed E-state index contributed by atoms with van der Waals surface area (Å²) >= 11 is 0. The first-order valence-electron chi connectivity index (χ1n) is 9.40. The Morgan fingerprint density at radius 1 is 1.38 bits per heavy atom. The molecule has 0 spiro atoms. The minimum Gasteiger partial charge on any atom is -0.305 e. The highest BCUT2D eigenvalue weighted by Gasteiger charge is 2.30. The minimum absolute atomic E-state index is 0.307. The Balaban J connectivity index is 1.66. The largest absolute Gasteiger partial charge is 0.354 e. The predicted octanol–water partition coefficient (Wildman–Crippen LogP) is 3.32. The number of aryl methyl sites for hydroxylation is 1. The van der Waals surface area contributed by atoms with Crippen molar-refractivity contribution in [2.45, 2.75) is 62.9 Å². The van der Waals surface area contributed by atoms with Gasteiger partial charge < -0.3 is 5.32 Å². The van der Waals surface area contributed by atoms with E-state index in [1.54, 1.807) is 0 Å². The SMILES string of the molecule is C[C@@H]1CCc2c1nc1c(c2NC(=O)N=[S@@](N)(=O)c2ccn(C(C)(F)F)n2)CCC1. The highest BCUT2D eigenvalue weighted by molar-refractivity contribution is 7.91. The van der Waals surface area contributed by atoms with Crippen LogP contribution in [0.2, 0.25) is 0 Å². The number of urea groups is 1. The van der Waals surface area contributed by atoms with Gasteiger partial charge in [0.25, 0.3) is 0 Å². The van der Waals surface area contributed by atoms with Crippen LogP contribution >= 0.6 is 0 Å². The van der Waals surface area contributed by atoms with Gasteiger partial charge in [0.1, 0.15) is 0 Å².